The topological polar surface area (TPSA) is 79.0 Å². The number of esters is 1. The molecule has 0 bridgehead atoms. The van der Waals surface area contributed by atoms with E-state index in [0.717, 1.165) is 32.2 Å². The maximum Gasteiger partial charge on any atom is 0.333 e. The molecule has 1 aliphatic heterocycles. The molecule has 4 atom stereocenters. The quantitative estimate of drug-likeness (QED) is 0.376. The average molecular weight is 480 g/mol. The Hall–Kier alpha value is -1.89. The number of nitrogens with zero attached hydrogens (tertiary/aromatic N) is 2. The van der Waals surface area contributed by atoms with E-state index in [1.165, 1.54) is 0 Å². The number of piperidine rings is 1. The first-order valence-electron chi connectivity index (χ1n) is 12.9. The van der Waals surface area contributed by atoms with Crippen LogP contribution in [-0.4, -0.2) is 72.0 Å². The normalized spacial score (nSPS) is 20.4. The number of carbonyl (C=O) groups excluding carboxylic acids is 3. The first-order valence-corrected chi connectivity index (χ1v) is 12.9. The van der Waals surface area contributed by atoms with Crippen molar-refractivity contribution in [1.29, 1.82) is 0 Å². The van der Waals surface area contributed by atoms with E-state index >= 15 is 0 Å². The van der Waals surface area contributed by atoms with Crippen molar-refractivity contribution in [2.45, 2.75) is 112 Å². The minimum Gasteiger partial charge on any atom is -0.463 e. The number of likely N-dealkylation sites (N-methyl/N-ethyl adjacent to an activating group) is 1. The van der Waals surface area contributed by atoms with Crippen molar-refractivity contribution in [2.24, 2.45) is 11.3 Å². The molecule has 1 saturated heterocycles. The van der Waals surface area contributed by atoms with Gasteiger partial charge in [0.1, 0.15) is 6.04 Å². The molecule has 0 aromatic rings. The largest absolute Gasteiger partial charge is 0.463 e. The third-order valence-corrected chi connectivity index (χ3v) is 6.90. The van der Waals surface area contributed by atoms with Gasteiger partial charge in [-0.1, -0.05) is 54.0 Å². The first kappa shape index (κ1) is 30.1. The number of carbonyl (C=O) groups is 3. The van der Waals surface area contributed by atoms with Gasteiger partial charge in [0.25, 0.3) is 0 Å². The average Bonchev–Trinajstić information content (AvgIpc) is 2.78. The zero-order valence-electron chi connectivity index (χ0n) is 23.2. The smallest absolute Gasteiger partial charge is 0.333 e. The molecule has 0 saturated carbocycles. The van der Waals surface area contributed by atoms with Crippen LogP contribution < -0.4 is 5.32 Å². The lowest BCUT2D eigenvalue weighted by Gasteiger charge is -2.41. The molecule has 0 aromatic heterocycles. The number of amides is 2. The van der Waals surface area contributed by atoms with Gasteiger partial charge in [-0.15, -0.1) is 0 Å². The predicted molar refractivity (Wildman–Crippen MR) is 137 cm³/mol. The number of rotatable bonds is 10. The lowest BCUT2D eigenvalue weighted by Crippen LogP contribution is -2.60. The van der Waals surface area contributed by atoms with Gasteiger partial charge < -0.3 is 15.0 Å². The highest BCUT2D eigenvalue weighted by molar-refractivity contribution is 5.91. The molecule has 1 N–H and O–H groups in total. The third-order valence-electron chi connectivity index (χ3n) is 6.90. The Morgan fingerprint density at radius 2 is 1.76 bits per heavy atom. The second-order valence-electron chi connectivity index (χ2n) is 11.1. The Balaban J connectivity index is 3.17. The SMILES string of the molecule is CCOC(=O)C(C)=C[C@H](C(C)C)N(C)C(=O)C(NC(=O)[C@H]1CCCCN1C(C)CC)C(C)(C)C. The summed E-state index contributed by atoms with van der Waals surface area (Å²) in [4.78, 5) is 43.3. The Morgan fingerprint density at radius 1 is 1.15 bits per heavy atom. The number of likely N-dealkylation sites (tertiary alicyclic amines) is 1. The van der Waals surface area contributed by atoms with Crippen molar-refractivity contribution in [3.05, 3.63) is 11.6 Å². The van der Waals surface area contributed by atoms with Crippen LogP contribution >= 0.6 is 0 Å². The fraction of sp³-hybridized carbons (Fsp3) is 0.815. The molecule has 1 heterocycles. The Kier molecular flexibility index (Phi) is 11.8. The molecule has 34 heavy (non-hydrogen) atoms. The third kappa shape index (κ3) is 8.10. The highest BCUT2D eigenvalue weighted by Crippen LogP contribution is 2.26. The molecule has 0 aromatic carbocycles. The Labute approximate surface area is 207 Å². The van der Waals surface area contributed by atoms with Crippen molar-refractivity contribution in [1.82, 2.24) is 15.1 Å². The molecule has 1 rings (SSSR count). The lowest BCUT2D eigenvalue weighted by atomic mass is 9.84. The first-order chi connectivity index (χ1) is 15.8. The van der Waals surface area contributed by atoms with Gasteiger partial charge in [0.05, 0.1) is 18.7 Å². The van der Waals surface area contributed by atoms with Gasteiger partial charge in [0.15, 0.2) is 0 Å². The van der Waals surface area contributed by atoms with Crippen LogP contribution in [0.4, 0.5) is 0 Å². The molecule has 0 spiro atoms. The van der Waals surface area contributed by atoms with Gasteiger partial charge in [0, 0.05) is 18.7 Å². The fourth-order valence-corrected chi connectivity index (χ4v) is 4.56. The van der Waals surface area contributed by atoms with Gasteiger partial charge in [-0.2, -0.15) is 0 Å². The van der Waals surface area contributed by atoms with Crippen LogP contribution in [0.15, 0.2) is 11.6 Å². The van der Waals surface area contributed by atoms with Gasteiger partial charge in [-0.05, 0) is 57.9 Å². The van der Waals surface area contributed by atoms with Crippen LogP contribution in [-0.2, 0) is 19.1 Å². The maximum atomic E-state index is 13.8. The van der Waals surface area contributed by atoms with E-state index in [1.54, 1.807) is 31.9 Å². The number of ether oxygens (including phenoxy) is 1. The molecular formula is C27H49N3O4. The molecule has 0 radical (unpaired) electrons. The molecule has 7 nitrogen and oxygen atoms in total. The summed E-state index contributed by atoms with van der Waals surface area (Å²) in [5.41, 5.74) is 0.00104. The van der Waals surface area contributed by atoms with Crippen LogP contribution in [0.2, 0.25) is 0 Å². The summed E-state index contributed by atoms with van der Waals surface area (Å²) in [6.45, 7) is 18.9. The van der Waals surface area contributed by atoms with Crippen molar-refractivity contribution in [2.75, 3.05) is 20.2 Å². The van der Waals surface area contributed by atoms with E-state index in [1.807, 2.05) is 34.6 Å². The highest BCUT2D eigenvalue weighted by Gasteiger charge is 2.40. The van der Waals surface area contributed by atoms with Crippen molar-refractivity contribution < 1.29 is 19.1 Å². The Morgan fingerprint density at radius 3 is 2.26 bits per heavy atom. The summed E-state index contributed by atoms with van der Waals surface area (Å²) in [5, 5.41) is 3.12. The number of nitrogens with one attached hydrogen (secondary N) is 1. The predicted octanol–water partition coefficient (Wildman–Crippen LogP) is 4.16. The molecular weight excluding hydrogens is 430 g/mol. The van der Waals surface area contributed by atoms with E-state index in [-0.39, 0.29) is 35.8 Å². The molecule has 0 aliphatic carbocycles. The van der Waals surface area contributed by atoms with Crippen LogP contribution in [0.1, 0.15) is 88.0 Å². The molecule has 2 amide bonds. The molecule has 7 heteroatoms. The number of hydrogen-bond donors (Lipinski definition) is 1. The summed E-state index contributed by atoms with van der Waals surface area (Å²) >= 11 is 0. The van der Waals surface area contributed by atoms with Gasteiger partial charge in [-0.25, -0.2) is 4.79 Å². The monoisotopic (exact) mass is 479 g/mol. The summed E-state index contributed by atoms with van der Waals surface area (Å²) < 4.78 is 5.11. The van der Waals surface area contributed by atoms with Gasteiger partial charge in [0.2, 0.25) is 11.8 Å². The summed E-state index contributed by atoms with van der Waals surface area (Å²) in [5.74, 6) is -0.523. The van der Waals surface area contributed by atoms with E-state index in [4.69, 9.17) is 4.74 Å². The van der Waals surface area contributed by atoms with E-state index in [0.29, 0.717) is 18.2 Å². The standard InChI is InChI=1S/C27H49N3O4/c1-11-20(6)30-16-14-13-15-21(30)24(31)28-23(27(7,8)9)25(32)29(10)22(18(3)4)17-19(5)26(33)34-12-2/h17-18,20-23H,11-16H2,1-10H3,(H,28,31)/t20?,21-,22-,23?/m1/s1. The second-order valence-corrected chi connectivity index (χ2v) is 11.1. The summed E-state index contributed by atoms with van der Waals surface area (Å²) in [7, 11) is 1.75. The second kappa shape index (κ2) is 13.3. The van der Waals surface area contributed by atoms with Crippen LogP contribution in [0.5, 0.6) is 0 Å². The van der Waals surface area contributed by atoms with Crippen molar-refractivity contribution in [3.63, 3.8) is 0 Å². The zero-order chi connectivity index (χ0) is 26.2. The lowest BCUT2D eigenvalue weighted by molar-refractivity contribution is -0.142. The minimum atomic E-state index is -0.678. The van der Waals surface area contributed by atoms with E-state index < -0.39 is 11.5 Å². The maximum absolute atomic E-state index is 13.8. The van der Waals surface area contributed by atoms with Crippen LogP contribution in [0, 0.1) is 11.3 Å². The molecule has 1 fully saturated rings. The highest BCUT2D eigenvalue weighted by atomic mass is 16.5. The molecule has 2 unspecified atom stereocenters. The zero-order valence-corrected chi connectivity index (χ0v) is 23.2. The summed E-state index contributed by atoms with van der Waals surface area (Å²) in [6, 6.07) is -0.865. The van der Waals surface area contributed by atoms with Gasteiger partial charge >= 0.3 is 5.97 Å². The molecule has 196 valence electrons. The van der Waals surface area contributed by atoms with Crippen LogP contribution in [0.3, 0.4) is 0 Å². The fourth-order valence-electron chi connectivity index (χ4n) is 4.56. The van der Waals surface area contributed by atoms with Crippen molar-refractivity contribution in [3.8, 4) is 0 Å². The molecule has 1 aliphatic rings. The van der Waals surface area contributed by atoms with Crippen molar-refractivity contribution >= 4 is 17.8 Å². The number of hydrogen-bond acceptors (Lipinski definition) is 5. The van der Waals surface area contributed by atoms with Gasteiger partial charge in [-0.3, -0.25) is 14.5 Å². The Bertz CT molecular complexity index is 726. The van der Waals surface area contributed by atoms with Crippen LogP contribution in [0.25, 0.3) is 0 Å². The van der Waals surface area contributed by atoms with E-state index in [9.17, 15) is 14.4 Å². The van der Waals surface area contributed by atoms with E-state index in [2.05, 4.69) is 24.1 Å². The minimum absolute atomic E-state index is 0.0685. The summed E-state index contributed by atoms with van der Waals surface area (Å²) in [6.07, 6.45) is 5.71.